The van der Waals surface area contributed by atoms with Crippen LogP contribution in [0.3, 0.4) is 0 Å². The van der Waals surface area contributed by atoms with Crippen LogP contribution in [0.15, 0.2) is 0 Å². The summed E-state index contributed by atoms with van der Waals surface area (Å²) in [6, 6.07) is 0. The van der Waals surface area contributed by atoms with Crippen molar-refractivity contribution in [3.63, 3.8) is 0 Å². The molecule has 26 heavy (non-hydrogen) atoms. The SMILES string of the molecule is C.C.O=C(O)CCCCC(S)CCSSCCC(S)CCCCC(=O)O. The Morgan fingerprint density at radius 1 is 0.692 bits per heavy atom. The predicted molar refractivity (Wildman–Crippen MR) is 125 cm³/mol. The molecule has 0 amide bonds. The van der Waals surface area contributed by atoms with E-state index in [0.717, 1.165) is 62.9 Å². The number of thiol groups is 2. The van der Waals surface area contributed by atoms with Gasteiger partial charge in [-0.25, -0.2) is 0 Å². The molecule has 0 aromatic heterocycles. The lowest BCUT2D eigenvalue weighted by Gasteiger charge is -2.11. The minimum atomic E-state index is -0.720. The second kappa shape index (κ2) is 21.6. The van der Waals surface area contributed by atoms with Crippen molar-refractivity contribution in [3.8, 4) is 0 Å². The van der Waals surface area contributed by atoms with E-state index in [0.29, 0.717) is 10.5 Å². The average Bonchev–Trinajstić information content (AvgIpc) is 2.51. The van der Waals surface area contributed by atoms with Crippen LogP contribution in [0.4, 0.5) is 0 Å². The van der Waals surface area contributed by atoms with Gasteiger partial charge in [0.15, 0.2) is 0 Å². The molecule has 158 valence electrons. The molecule has 0 saturated carbocycles. The van der Waals surface area contributed by atoms with Gasteiger partial charge in [-0.05, 0) is 38.5 Å². The van der Waals surface area contributed by atoms with Crippen LogP contribution in [0, 0.1) is 0 Å². The van der Waals surface area contributed by atoms with E-state index >= 15 is 0 Å². The number of hydrogen-bond acceptors (Lipinski definition) is 6. The molecule has 2 atom stereocenters. The Labute approximate surface area is 179 Å². The largest absolute Gasteiger partial charge is 0.481 e. The van der Waals surface area contributed by atoms with Crippen LogP contribution in [0.25, 0.3) is 0 Å². The minimum absolute atomic E-state index is 0. The Bertz CT molecular complexity index is 311. The summed E-state index contributed by atoms with van der Waals surface area (Å²) < 4.78 is 0. The second-order valence-electron chi connectivity index (χ2n) is 5.81. The van der Waals surface area contributed by atoms with E-state index in [1.54, 1.807) is 0 Å². The lowest BCUT2D eigenvalue weighted by Crippen LogP contribution is -2.02. The van der Waals surface area contributed by atoms with Crippen molar-refractivity contribution in [2.75, 3.05) is 11.5 Å². The Kier molecular flexibility index (Phi) is 25.8. The van der Waals surface area contributed by atoms with E-state index in [-0.39, 0.29) is 27.7 Å². The second-order valence-corrected chi connectivity index (χ2v) is 9.97. The molecule has 2 N–H and O–H groups in total. The molecule has 0 aliphatic carbocycles. The summed E-state index contributed by atoms with van der Waals surface area (Å²) in [6.07, 6.45) is 7.92. The van der Waals surface area contributed by atoms with E-state index < -0.39 is 11.9 Å². The van der Waals surface area contributed by atoms with Gasteiger partial charge in [-0.2, -0.15) is 25.3 Å². The molecule has 0 aromatic carbocycles. The first-order valence-corrected chi connectivity index (χ1v) is 12.0. The zero-order valence-corrected chi connectivity index (χ0v) is 17.5. The highest BCUT2D eigenvalue weighted by atomic mass is 33.1. The van der Waals surface area contributed by atoms with Crippen LogP contribution < -0.4 is 0 Å². The highest BCUT2D eigenvalue weighted by Crippen LogP contribution is 2.27. The molecule has 0 spiro atoms. The van der Waals surface area contributed by atoms with Crippen molar-refractivity contribution in [1.82, 2.24) is 0 Å². The summed E-state index contributed by atoms with van der Waals surface area (Å²) in [5.74, 6) is 0.686. The topological polar surface area (TPSA) is 74.6 Å². The van der Waals surface area contributed by atoms with Gasteiger partial charge >= 0.3 is 11.9 Å². The Hall–Kier alpha value is 0.340. The normalized spacial score (nSPS) is 12.5. The number of aliphatic carboxylic acids is 2. The summed E-state index contributed by atoms with van der Waals surface area (Å²) in [5.41, 5.74) is 0. The summed E-state index contributed by atoms with van der Waals surface area (Å²) in [6.45, 7) is 0. The molecule has 4 nitrogen and oxygen atoms in total. The number of carbonyl (C=O) groups is 2. The van der Waals surface area contributed by atoms with E-state index in [4.69, 9.17) is 10.2 Å². The zero-order chi connectivity index (χ0) is 18.2. The van der Waals surface area contributed by atoms with Crippen molar-refractivity contribution in [2.24, 2.45) is 0 Å². The fourth-order valence-corrected chi connectivity index (χ4v) is 5.34. The van der Waals surface area contributed by atoms with Crippen LogP contribution in [-0.2, 0) is 9.59 Å². The van der Waals surface area contributed by atoms with Crippen molar-refractivity contribution in [2.45, 2.75) is 89.6 Å². The van der Waals surface area contributed by atoms with E-state index in [9.17, 15) is 9.59 Å². The average molecular weight is 447 g/mol. The number of carboxylic acid groups (broad SMARTS) is 2. The third kappa shape index (κ3) is 24.3. The van der Waals surface area contributed by atoms with Crippen molar-refractivity contribution in [3.05, 3.63) is 0 Å². The molecule has 0 aliphatic heterocycles. The van der Waals surface area contributed by atoms with Crippen LogP contribution in [0.2, 0.25) is 0 Å². The van der Waals surface area contributed by atoms with E-state index in [1.165, 1.54) is 0 Å². The molecule has 2 unspecified atom stereocenters. The molecule has 0 fully saturated rings. The van der Waals surface area contributed by atoms with Gasteiger partial charge in [0.2, 0.25) is 0 Å². The maximum Gasteiger partial charge on any atom is 0.303 e. The van der Waals surface area contributed by atoms with Gasteiger partial charge in [-0.3, -0.25) is 9.59 Å². The highest BCUT2D eigenvalue weighted by Gasteiger charge is 2.06. The maximum absolute atomic E-state index is 10.4. The fraction of sp³-hybridized carbons (Fsp3) is 0.889. The summed E-state index contributed by atoms with van der Waals surface area (Å²) in [5, 5.41) is 17.9. The molecule has 0 bridgehead atoms. The van der Waals surface area contributed by atoms with Gasteiger partial charge in [0, 0.05) is 34.8 Å². The molecular weight excluding hydrogens is 408 g/mol. The third-order valence-electron chi connectivity index (χ3n) is 3.51. The first-order valence-electron chi connectivity index (χ1n) is 8.46. The standard InChI is InChI=1S/C16H30O4S4.2CH4/c17-15(18)7-3-1-5-13(21)9-11-23-24-12-10-14(22)6-2-4-8-16(19)20;;/h13-14,21-22H,1-12H2,(H,17,18)(H,19,20);2*1H4. The molecule has 0 radical (unpaired) electrons. The van der Waals surface area contributed by atoms with Crippen LogP contribution >= 0.6 is 46.8 Å². The summed E-state index contributed by atoms with van der Waals surface area (Å²) in [4.78, 5) is 20.8. The number of hydrogen-bond donors (Lipinski definition) is 4. The van der Waals surface area contributed by atoms with Gasteiger partial charge in [0.1, 0.15) is 0 Å². The molecule has 0 aliphatic rings. The Balaban J connectivity index is -0.00000264. The number of unbranched alkanes of at least 4 members (excludes halogenated alkanes) is 2. The predicted octanol–water partition coefficient (Wildman–Crippen LogP) is 6.31. The highest BCUT2D eigenvalue weighted by molar-refractivity contribution is 8.76. The van der Waals surface area contributed by atoms with E-state index in [1.807, 2.05) is 21.6 Å². The first-order chi connectivity index (χ1) is 11.4. The van der Waals surface area contributed by atoms with Gasteiger partial charge in [-0.1, -0.05) is 49.3 Å². The van der Waals surface area contributed by atoms with Gasteiger partial charge in [-0.15, -0.1) is 0 Å². The van der Waals surface area contributed by atoms with Gasteiger partial charge in [0.25, 0.3) is 0 Å². The quantitative estimate of drug-likeness (QED) is 0.119. The maximum atomic E-state index is 10.4. The van der Waals surface area contributed by atoms with Gasteiger partial charge in [0.05, 0.1) is 0 Å². The number of rotatable bonds is 17. The number of carboxylic acids is 2. The molecule has 0 saturated heterocycles. The lowest BCUT2D eigenvalue weighted by atomic mass is 10.1. The van der Waals surface area contributed by atoms with Crippen molar-refractivity contribution < 1.29 is 19.8 Å². The molecule has 0 aromatic rings. The summed E-state index contributed by atoms with van der Waals surface area (Å²) >= 11 is 9.10. The Morgan fingerprint density at radius 3 is 1.35 bits per heavy atom. The monoisotopic (exact) mass is 446 g/mol. The first kappa shape index (κ1) is 31.0. The Morgan fingerprint density at radius 2 is 1.04 bits per heavy atom. The van der Waals surface area contributed by atoms with Crippen LogP contribution in [-0.4, -0.2) is 44.2 Å². The van der Waals surface area contributed by atoms with Crippen LogP contribution in [0.5, 0.6) is 0 Å². The minimum Gasteiger partial charge on any atom is -0.481 e. The lowest BCUT2D eigenvalue weighted by molar-refractivity contribution is -0.138. The molecule has 8 heteroatoms. The van der Waals surface area contributed by atoms with E-state index in [2.05, 4.69) is 25.3 Å². The molecule has 0 rings (SSSR count). The van der Waals surface area contributed by atoms with Crippen LogP contribution in [0.1, 0.15) is 79.1 Å². The van der Waals surface area contributed by atoms with Crippen molar-refractivity contribution >= 4 is 58.8 Å². The molecular formula is C18H38O4S4. The van der Waals surface area contributed by atoms with Gasteiger partial charge < -0.3 is 10.2 Å². The zero-order valence-electron chi connectivity index (χ0n) is 14.1. The molecule has 0 heterocycles. The fourth-order valence-electron chi connectivity index (χ4n) is 2.09. The van der Waals surface area contributed by atoms with Crippen molar-refractivity contribution in [1.29, 1.82) is 0 Å². The third-order valence-corrected chi connectivity index (χ3v) is 7.01. The smallest absolute Gasteiger partial charge is 0.303 e. The summed E-state index contributed by atoms with van der Waals surface area (Å²) in [7, 11) is 3.72.